The maximum absolute atomic E-state index is 15.2. The lowest BCUT2D eigenvalue weighted by Crippen LogP contribution is -2.64. The van der Waals surface area contributed by atoms with Crippen LogP contribution in [0.4, 0.5) is 15.3 Å². The van der Waals surface area contributed by atoms with Gasteiger partial charge in [-0.3, -0.25) is 34.1 Å². The number of carbonyl (C=O) groups excluding carboxylic acids is 10. The van der Waals surface area contributed by atoms with E-state index in [4.69, 9.17) is 44.8 Å². The van der Waals surface area contributed by atoms with E-state index < -0.39 is 139 Å². The van der Waals surface area contributed by atoms with Crippen molar-refractivity contribution < 1.29 is 86.2 Å². The van der Waals surface area contributed by atoms with Gasteiger partial charge in [0.25, 0.3) is 5.79 Å². The minimum absolute atomic E-state index is 0.0116. The van der Waals surface area contributed by atoms with Crippen LogP contribution in [-0.4, -0.2) is 212 Å². The Morgan fingerprint density at radius 3 is 2.04 bits per heavy atom. The number of anilines is 1. The number of benzene rings is 4. The van der Waals surface area contributed by atoms with Gasteiger partial charge in [-0.25, -0.2) is 29.2 Å². The lowest BCUT2D eigenvalue weighted by molar-refractivity contribution is -0.255. The van der Waals surface area contributed by atoms with E-state index in [-0.39, 0.29) is 61.3 Å². The standard InChI is InChI=1S/C73H89ClN10O18/c1-42-21-20-28-59(97-13)72(95)35-58(99-69(93)78-72)43(2)66-71(6,100-66)73(101-67(91)44(3)80(8)46(5)85,36-63(89)82(10)56-32-47(31-42)33-57(96-12)65(56)74)102-68(92)45(4)81(9)64(90)39-77-62(88)38-76-61(87)37-75-60(86)29-30-84-49(34-48-22-14-19-27-55(48)84)40-79(7)83(11)70(94)98-41-54-52-25-17-15-23-50(52)51-24-16-18-26-53(51)54/h14-28,32-34,43-45,54,58-59,66,95H,29-31,35-41H2,1-13H3,(H,75,86)(H,76,87)(H,77,88)(H,78,93)/b28-20+,42-21+/t43-,44+,45?,58+,59?,66+,71-,72+,73-/m1/s1. The third kappa shape index (κ3) is 16.7. The molecule has 4 aromatic carbocycles. The number of epoxide rings is 1. The Kier molecular flexibility index (Phi) is 23.9. The first-order valence-electron chi connectivity index (χ1n) is 33.3. The van der Waals surface area contributed by atoms with E-state index in [1.165, 1.54) is 68.1 Å². The number of allylic oxidation sites excluding steroid dienone is 3. The van der Waals surface area contributed by atoms with E-state index in [0.717, 1.165) is 59.1 Å². The van der Waals surface area contributed by atoms with Crippen molar-refractivity contribution in [3.05, 3.63) is 142 Å². The molecule has 5 aromatic rings. The van der Waals surface area contributed by atoms with Crippen molar-refractivity contribution in [3.8, 4) is 16.9 Å². The number of methoxy groups -OCH3 is 2. The SMILES string of the molecule is COc1cc2cc(c1Cl)N(C)C(=O)C[C@](OC(=O)C(C)N(C)C(=O)CNC(=O)CNC(=O)CNC(=O)CCn1c(CN(C)N(C)C(=O)OCC3c4ccccc4-c4ccccc43)cc3ccccc31)(OC(=O)[C@H](C)N(C)C(C)=O)[C@]1(C)O[C@H]1[C@H](C)[C@@H]1C[C@@](O)(NC(=O)O1)C(OC)/C=C/C=C(\C)C2. The molecule has 4 bridgehead atoms. The summed E-state index contributed by atoms with van der Waals surface area (Å²) in [6.07, 6.45) is -1.14. The van der Waals surface area contributed by atoms with Crippen molar-refractivity contribution >= 4 is 87.8 Å². The fourth-order valence-corrected chi connectivity index (χ4v) is 13.3. The fourth-order valence-electron chi connectivity index (χ4n) is 13.0. The Hall–Kier alpha value is -9.87. The first kappa shape index (κ1) is 76.3. The molecule has 1 aliphatic carbocycles. The van der Waals surface area contributed by atoms with Crippen LogP contribution in [0.3, 0.4) is 0 Å². The number of aryl methyl sites for hydroxylation is 1. The molecule has 8 amide bonds. The predicted octanol–water partition coefficient (Wildman–Crippen LogP) is 5.87. The van der Waals surface area contributed by atoms with E-state index in [1.807, 2.05) is 66.1 Å². The van der Waals surface area contributed by atoms with Crippen molar-refractivity contribution in [1.82, 2.24) is 45.7 Å². The van der Waals surface area contributed by atoms with Crippen LogP contribution in [-0.2, 0) is 86.3 Å². The summed E-state index contributed by atoms with van der Waals surface area (Å²) < 4.78 is 44.0. The average molecular weight is 1430 g/mol. The molecule has 0 saturated carbocycles. The number of aromatic nitrogens is 1. The van der Waals surface area contributed by atoms with Gasteiger partial charge >= 0.3 is 24.1 Å². The van der Waals surface area contributed by atoms with Crippen LogP contribution in [0.15, 0.2) is 115 Å². The van der Waals surface area contributed by atoms with E-state index in [2.05, 4.69) is 45.5 Å². The number of likely N-dealkylation sites (N-methyl/N-ethyl adjacent to an activating group) is 2. The predicted molar refractivity (Wildman–Crippen MR) is 374 cm³/mol. The highest BCUT2D eigenvalue weighted by molar-refractivity contribution is 6.35. The van der Waals surface area contributed by atoms with Crippen molar-refractivity contribution in [1.29, 1.82) is 0 Å². The molecule has 102 heavy (non-hydrogen) atoms. The van der Waals surface area contributed by atoms with Gasteiger partial charge in [-0.15, -0.1) is 0 Å². The van der Waals surface area contributed by atoms with Crippen LogP contribution < -0.4 is 30.9 Å². The largest absolute Gasteiger partial charge is 0.495 e. The van der Waals surface area contributed by atoms with Crippen molar-refractivity contribution in [2.45, 2.75) is 134 Å². The number of carbonyl (C=O) groups is 10. The third-order valence-corrected chi connectivity index (χ3v) is 20.0. The number of halogens is 1. The van der Waals surface area contributed by atoms with Crippen LogP contribution in [0, 0.1) is 5.92 Å². The second kappa shape index (κ2) is 32.0. The number of hydrogen-bond acceptors (Lipinski definition) is 19. The molecule has 2 unspecified atom stereocenters. The van der Waals surface area contributed by atoms with Gasteiger partial charge < -0.3 is 73.5 Å². The number of nitrogens with one attached hydrogen (secondary N) is 4. The molecule has 29 heteroatoms. The number of esters is 2. The Labute approximate surface area is 596 Å². The van der Waals surface area contributed by atoms with Gasteiger partial charge in [-0.2, -0.15) is 0 Å². The summed E-state index contributed by atoms with van der Waals surface area (Å²) in [5.41, 5.74) is 3.52. The molecular formula is C73H89ClN10O18. The Balaban J connectivity index is 0.833. The summed E-state index contributed by atoms with van der Waals surface area (Å²) >= 11 is 6.93. The second-order valence-corrected chi connectivity index (χ2v) is 26.7. The molecule has 546 valence electrons. The Bertz CT molecular complexity index is 4080. The summed E-state index contributed by atoms with van der Waals surface area (Å²) in [7, 11) is 10.1. The first-order valence-corrected chi connectivity index (χ1v) is 33.7. The number of aliphatic hydroxyl groups is 1. The van der Waals surface area contributed by atoms with Gasteiger partial charge in [-0.05, 0) is 91.6 Å². The fraction of sp³-hybridized carbons (Fsp3) is 0.452. The average Bonchev–Trinajstić information content (AvgIpc) is 1.54. The molecule has 9 atom stereocenters. The number of hydrogen-bond donors (Lipinski definition) is 5. The molecule has 2 saturated heterocycles. The zero-order valence-corrected chi connectivity index (χ0v) is 60.2. The molecular weight excluding hydrogens is 1340 g/mol. The molecule has 28 nitrogen and oxygen atoms in total. The van der Waals surface area contributed by atoms with Gasteiger partial charge in [0.2, 0.25) is 35.4 Å². The van der Waals surface area contributed by atoms with E-state index in [0.29, 0.717) is 5.56 Å². The topological polar surface area (TPSA) is 328 Å². The highest BCUT2D eigenvalue weighted by Gasteiger charge is 2.74. The molecule has 0 spiro atoms. The van der Waals surface area contributed by atoms with Gasteiger partial charge in [0.05, 0.1) is 39.0 Å². The zero-order valence-electron chi connectivity index (χ0n) is 59.5. The summed E-state index contributed by atoms with van der Waals surface area (Å²) in [6.45, 7) is 7.44. The van der Waals surface area contributed by atoms with E-state index in [1.54, 1.807) is 56.4 Å². The highest BCUT2D eigenvalue weighted by Crippen LogP contribution is 2.55. The van der Waals surface area contributed by atoms with Crippen LogP contribution in [0.2, 0.25) is 5.02 Å². The maximum Gasteiger partial charge on any atom is 0.424 e. The molecule has 9 rings (SSSR count). The van der Waals surface area contributed by atoms with Gasteiger partial charge in [0, 0.05) is 91.7 Å². The molecule has 5 N–H and O–H groups in total. The van der Waals surface area contributed by atoms with Crippen LogP contribution in [0.1, 0.15) is 89.1 Å². The number of para-hydroxylation sites is 1. The van der Waals surface area contributed by atoms with Gasteiger partial charge in [0.1, 0.15) is 54.2 Å². The maximum atomic E-state index is 15.2. The van der Waals surface area contributed by atoms with Crippen molar-refractivity contribution in [2.75, 3.05) is 80.6 Å². The number of hydrazine groups is 1. The normalized spacial score (nSPS) is 23.1. The number of fused-ring (bicyclic) bond motifs is 9. The van der Waals surface area contributed by atoms with E-state index >= 15 is 4.79 Å². The molecule has 1 aromatic heterocycles. The summed E-state index contributed by atoms with van der Waals surface area (Å²) in [5, 5.41) is 26.0. The quantitative estimate of drug-likeness (QED) is 0.0178. The first-order chi connectivity index (χ1) is 48.3. The summed E-state index contributed by atoms with van der Waals surface area (Å²) in [6, 6.07) is 26.1. The minimum atomic E-state index is -2.79. The number of ether oxygens (including phenoxy) is 7. The molecule has 4 heterocycles. The Morgan fingerprint density at radius 2 is 1.41 bits per heavy atom. The second-order valence-electron chi connectivity index (χ2n) is 26.3. The number of rotatable bonds is 22. The zero-order chi connectivity index (χ0) is 74.3. The number of alkyl carbamates (subject to hydrolysis) is 1. The van der Waals surface area contributed by atoms with E-state index in [9.17, 15) is 48.3 Å². The van der Waals surface area contributed by atoms with Crippen LogP contribution in [0.5, 0.6) is 5.75 Å². The lowest BCUT2D eigenvalue weighted by atomic mass is 9.82. The third-order valence-electron chi connectivity index (χ3n) is 19.6. The molecule has 0 radical (unpaired) electrons. The highest BCUT2D eigenvalue weighted by atomic mass is 35.5. The summed E-state index contributed by atoms with van der Waals surface area (Å²) in [5.74, 6) is -10.4. The minimum Gasteiger partial charge on any atom is -0.495 e. The van der Waals surface area contributed by atoms with Crippen LogP contribution in [0.25, 0.3) is 22.0 Å². The number of nitrogens with zero attached hydrogens (tertiary/aromatic N) is 6. The smallest absolute Gasteiger partial charge is 0.424 e. The van der Waals surface area contributed by atoms with Crippen molar-refractivity contribution in [2.24, 2.45) is 5.92 Å². The van der Waals surface area contributed by atoms with Crippen LogP contribution >= 0.6 is 11.6 Å². The number of amides is 8. The van der Waals surface area contributed by atoms with Gasteiger partial charge in [-0.1, -0.05) is 109 Å². The lowest BCUT2D eigenvalue weighted by Gasteiger charge is -2.42. The molecule has 3 aliphatic heterocycles. The van der Waals surface area contributed by atoms with Gasteiger partial charge in [0.15, 0.2) is 11.3 Å². The molecule has 4 aliphatic rings. The monoisotopic (exact) mass is 1430 g/mol. The molecule has 2 fully saturated rings. The summed E-state index contributed by atoms with van der Waals surface area (Å²) in [4.78, 5) is 141. The van der Waals surface area contributed by atoms with Crippen molar-refractivity contribution in [3.63, 3.8) is 0 Å². The Morgan fingerprint density at radius 1 is 0.814 bits per heavy atom.